The molecule has 1 aliphatic heterocycles. The van der Waals surface area contributed by atoms with E-state index in [4.69, 9.17) is 0 Å². The zero-order chi connectivity index (χ0) is 24.0. The summed E-state index contributed by atoms with van der Waals surface area (Å²) in [5.41, 5.74) is 2.80. The van der Waals surface area contributed by atoms with Crippen LogP contribution >= 0.6 is 0 Å². The van der Waals surface area contributed by atoms with Gasteiger partial charge in [0.15, 0.2) is 5.82 Å². The van der Waals surface area contributed by atoms with E-state index >= 15 is 0 Å². The molecule has 1 aromatic carbocycles. The van der Waals surface area contributed by atoms with E-state index < -0.39 is 11.7 Å². The average molecular weight is 460 g/mol. The molecule has 4 aromatic rings. The Morgan fingerprint density at radius 3 is 2.71 bits per heavy atom. The molecule has 5 rings (SSSR count). The van der Waals surface area contributed by atoms with Crippen molar-refractivity contribution in [3.05, 3.63) is 59.3 Å². The monoisotopic (exact) mass is 460 g/mol. The van der Waals surface area contributed by atoms with Gasteiger partial charge in [-0.3, -0.25) is 19.2 Å². The topological polar surface area (TPSA) is 111 Å². The van der Waals surface area contributed by atoms with Crippen LogP contribution in [0.1, 0.15) is 33.2 Å². The van der Waals surface area contributed by atoms with Gasteiger partial charge in [0, 0.05) is 42.9 Å². The van der Waals surface area contributed by atoms with Crippen molar-refractivity contribution < 1.29 is 14.0 Å². The van der Waals surface area contributed by atoms with Crippen LogP contribution in [0.25, 0.3) is 22.6 Å². The number of nitrogens with zero attached hydrogens (tertiary/aromatic N) is 7. The van der Waals surface area contributed by atoms with Gasteiger partial charge in [-0.15, -0.1) is 10.2 Å². The molecular formula is C23H21FN8O2. The third-order valence-electron chi connectivity index (χ3n) is 5.76. The van der Waals surface area contributed by atoms with Gasteiger partial charge < -0.3 is 9.88 Å². The smallest absolute Gasteiger partial charge is 0.260 e. The maximum absolute atomic E-state index is 14.6. The third kappa shape index (κ3) is 3.41. The Bertz CT molecular complexity index is 1440. The van der Waals surface area contributed by atoms with Crippen LogP contribution in [0.2, 0.25) is 0 Å². The number of carbonyl (C=O) groups excluding carboxylic acids is 2. The van der Waals surface area contributed by atoms with Crippen molar-refractivity contribution in [2.24, 2.45) is 14.1 Å². The fraction of sp³-hybridized carbons (Fsp3) is 0.217. The first kappa shape index (κ1) is 21.4. The highest BCUT2D eigenvalue weighted by molar-refractivity contribution is 6.10. The van der Waals surface area contributed by atoms with Crippen molar-refractivity contribution in [3.63, 3.8) is 0 Å². The van der Waals surface area contributed by atoms with Gasteiger partial charge in [0.1, 0.15) is 30.1 Å². The van der Waals surface area contributed by atoms with Gasteiger partial charge in [-0.2, -0.15) is 5.10 Å². The summed E-state index contributed by atoms with van der Waals surface area (Å²) >= 11 is 0. The van der Waals surface area contributed by atoms with Gasteiger partial charge in [0.2, 0.25) is 0 Å². The second-order valence-corrected chi connectivity index (χ2v) is 7.96. The maximum Gasteiger partial charge on any atom is 0.260 e. The minimum absolute atomic E-state index is 0.0166. The number of pyridine rings is 1. The van der Waals surface area contributed by atoms with Crippen LogP contribution in [0.4, 0.5) is 16.0 Å². The molecule has 0 aliphatic carbocycles. The zero-order valence-corrected chi connectivity index (χ0v) is 18.8. The van der Waals surface area contributed by atoms with E-state index in [1.165, 1.54) is 11.0 Å². The van der Waals surface area contributed by atoms with Crippen molar-refractivity contribution in [1.82, 2.24) is 29.5 Å². The Labute approximate surface area is 194 Å². The van der Waals surface area contributed by atoms with E-state index in [2.05, 4.69) is 25.6 Å². The summed E-state index contributed by atoms with van der Waals surface area (Å²) in [4.78, 5) is 30.4. The number of rotatable bonds is 6. The Morgan fingerprint density at radius 1 is 1.18 bits per heavy atom. The molecule has 0 atom stereocenters. The summed E-state index contributed by atoms with van der Waals surface area (Å²) in [5, 5.41) is 15.8. The van der Waals surface area contributed by atoms with Gasteiger partial charge in [-0.05, 0) is 31.2 Å². The van der Waals surface area contributed by atoms with Crippen LogP contribution in [-0.4, -0.2) is 48.3 Å². The van der Waals surface area contributed by atoms with Gasteiger partial charge in [0.25, 0.3) is 5.91 Å². The highest BCUT2D eigenvalue weighted by Gasteiger charge is 2.33. The van der Waals surface area contributed by atoms with Crippen molar-refractivity contribution in [2.45, 2.75) is 13.5 Å². The van der Waals surface area contributed by atoms with Crippen LogP contribution in [0, 0.1) is 5.82 Å². The molecule has 0 radical (unpaired) electrons. The van der Waals surface area contributed by atoms with Crippen molar-refractivity contribution in [2.75, 3.05) is 16.8 Å². The van der Waals surface area contributed by atoms with Gasteiger partial charge in [-0.1, -0.05) is 0 Å². The fourth-order valence-electron chi connectivity index (χ4n) is 4.17. The minimum atomic E-state index is -0.588. The second kappa shape index (κ2) is 8.18. The van der Waals surface area contributed by atoms with Crippen LogP contribution < -0.4 is 10.2 Å². The lowest BCUT2D eigenvalue weighted by Crippen LogP contribution is -2.24. The van der Waals surface area contributed by atoms with Crippen molar-refractivity contribution in [1.29, 1.82) is 0 Å². The summed E-state index contributed by atoms with van der Waals surface area (Å²) in [6.45, 7) is 2.57. The molecule has 0 fully saturated rings. The SMILES string of the molecule is CCNc1cc(-c2c(-c3nncn3C)cnn2C)cc(N2Cc3c(F)cc(C=O)cc3C2=O)n1. The molecule has 4 heterocycles. The van der Waals surface area contributed by atoms with Gasteiger partial charge >= 0.3 is 0 Å². The van der Waals surface area contributed by atoms with E-state index in [0.29, 0.717) is 30.3 Å². The highest BCUT2D eigenvalue weighted by Crippen LogP contribution is 2.36. The van der Waals surface area contributed by atoms with E-state index in [-0.39, 0.29) is 23.2 Å². The Kier molecular flexibility index (Phi) is 5.16. The average Bonchev–Trinajstić information content (AvgIpc) is 3.51. The van der Waals surface area contributed by atoms with E-state index in [9.17, 15) is 14.0 Å². The predicted octanol–water partition coefficient (Wildman–Crippen LogP) is 2.82. The molecule has 34 heavy (non-hydrogen) atoms. The first-order valence-electron chi connectivity index (χ1n) is 10.6. The molecule has 0 saturated carbocycles. The summed E-state index contributed by atoms with van der Waals surface area (Å²) in [6.07, 6.45) is 3.84. The van der Waals surface area contributed by atoms with Crippen molar-refractivity contribution in [3.8, 4) is 22.6 Å². The third-order valence-corrected chi connectivity index (χ3v) is 5.76. The Balaban J connectivity index is 1.64. The zero-order valence-electron chi connectivity index (χ0n) is 18.8. The molecular weight excluding hydrogens is 439 g/mol. The molecule has 11 heteroatoms. The first-order chi connectivity index (χ1) is 16.4. The largest absolute Gasteiger partial charge is 0.370 e. The summed E-state index contributed by atoms with van der Waals surface area (Å²) in [6, 6.07) is 6.18. The molecule has 3 aromatic heterocycles. The summed E-state index contributed by atoms with van der Waals surface area (Å²) < 4.78 is 18.1. The van der Waals surface area contributed by atoms with Crippen LogP contribution in [0.5, 0.6) is 0 Å². The Morgan fingerprint density at radius 2 is 2.00 bits per heavy atom. The van der Waals surface area contributed by atoms with E-state index in [0.717, 1.165) is 22.9 Å². The van der Waals surface area contributed by atoms with Gasteiger partial charge in [-0.25, -0.2) is 9.37 Å². The van der Waals surface area contributed by atoms with Crippen LogP contribution in [-0.2, 0) is 20.6 Å². The number of fused-ring (bicyclic) bond motifs is 1. The number of nitrogens with one attached hydrogen (secondary N) is 1. The minimum Gasteiger partial charge on any atom is -0.370 e. The number of aldehydes is 1. The quantitative estimate of drug-likeness (QED) is 0.441. The fourth-order valence-corrected chi connectivity index (χ4v) is 4.17. The maximum atomic E-state index is 14.6. The number of hydrogen-bond acceptors (Lipinski definition) is 7. The van der Waals surface area contributed by atoms with Crippen molar-refractivity contribution >= 4 is 23.8 Å². The lowest BCUT2D eigenvalue weighted by molar-refractivity contribution is 0.0996. The van der Waals surface area contributed by atoms with E-state index in [1.54, 1.807) is 27.8 Å². The van der Waals surface area contributed by atoms with E-state index in [1.807, 2.05) is 27.1 Å². The summed E-state index contributed by atoms with van der Waals surface area (Å²) in [7, 11) is 3.66. The molecule has 10 nitrogen and oxygen atoms in total. The van der Waals surface area contributed by atoms with Crippen LogP contribution in [0.3, 0.4) is 0 Å². The molecule has 0 bridgehead atoms. The normalized spacial score (nSPS) is 12.8. The molecule has 0 saturated heterocycles. The number of halogens is 1. The molecule has 0 spiro atoms. The number of aromatic nitrogens is 6. The number of hydrogen-bond donors (Lipinski definition) is 1. The lowest BCUT2D eigenvalue weighted by Gasteiger charge is -2.18. The Hall–Kier alpha value is -4.41. The number of benzene rings is 1. The molecule has 0 unspecified atom stereocenters. The lowest BCUT2D eigenvalue weighted by atomic mass is 10.1. The summed E-state index contributed by atoms with van der Waals surface area (Å²) in [5.74, 6) is 0.544. The van der Waals surface area contributed by atoms with Crippen LogP contribution in [0.15, 0.2) is 36.8 Å². The number of amides is 1. The second-order valence-electron chi connectivity index (χ2n) is 7.96. The first-order valence-corrected chi connectivity index (χ1v) is 10.6. The molecule has 1 amide bonds. The molecule has 1 aliphatic rings. The number of anilines is 2. The molecule has 172 valence electrons. The predicted molar refractivity (Wildman–Crippen MR) is 123 cm³/mol. The number of aryl methyl sites for hydroxylation is 2. The van der Waals surface area contributed by atoms with Gasteiger partial charge in [0.05, 0.1) is 24.0 Å². The molecule has 1 N–H and O–H groups in total. The standard InChI is InChI=1S/C23H21FN8O2/c1-4-25-19-7-14(21-16(9-27-31(21)3)22-29-26-12-30(22)2)8-20(28-19)32-10-17-15(23(32)34)5-13(11-33)6-18(17)24/h5-9,11-12H,4,10H2,1-3H3,(H,25,28). The highest BCUT2D eigenvalue weighted by atomic mass is 19.1. The number of carbonyl (C=O) groups is 2.